The molecule has 1 aromatic rings. The van der Waals surface area contributed by atoms with E-state index >= 15 is 0 Å². The Morgan fingerprint density at radius 1 is 0.708 bits per heavy atom. The SMILES string of the molecule is CCCCCN(CCCCC)C(=O)c1c(F)c(F)c(F)c(F)c1F. The third kappa shape index (κ3) is 4.68. The first-order valence-electron chi connectivity index (χ1n) is 8.17. The summed E-state index contributed by atoms with van der Waals surface area (Å²) in [6.07, 6.45) is 4.55. The second kappa shape index (κ2) is 9.59. The van der Waals surface area contributed by atoms with E-state index in [0.717, 1.165) is 25.7 Å². The molecule has 0 aliphatic heterocycles. The van der Waals surface area contributed by atoms with Gasteiger partial charge in [-0.1, -0.05) is 39.5 Å². The van der Waals surface area contributed by atoms with Gasteiger partial charge in [0, 0.05) is 13.1 Å². The number of hydrogen-bond donors (Lipinski definition) is 0. The number of hydrogen-bond acceptors (Lipinski definition) is 1. The molecular formula is C17H22F5NO. The average Bonchev–Trinajstić information content (AvgIpc) is 2.57. The molecule has 2 nitrogen and oxygen atoms in total. The number of rotatable bonds is 9. The van der Waals surface area contributed by atoms with Crippen molar-refractivity contribution in [2.24, 2.45) is 0 Å². The molecule has 1 aromatic carbocycles. The summed E-state index contributed by atoms with van der Waals surface area (Å²) < 4.78 is 67.4. The number of carbonyl (C=O) groups excluding carboxylic acids is 1. The van der Waals surface area contributed by atoms with Crippen LogP contribution in [0.15, 0.2) is 0 Å². The van der Waals surface area contributed by atoms with Crippen molar-refractivity contribution in [2.45, 2.75) is 52.4 Å². The molecule has 0 bridgehead atoms. The highest BCUT2D eigenvalue weighted by atomic mass is 19.2. The van der Waals surface area contributed by atoms with E-state index in [2.05, 4.69) is 0 Å². The summed E-state index contributed by atoms with van der Waals surface area (Å²) in [6.45, 7) is 4.34. The van der Waals surface area contributed by atoms with Crippen LogP contribution in [0.25, 0.3) is 0 Å². The van der Waals surface area contributed by atoms with Gasteiger partial charge in [-0.2, -0.15) is 0 Å². The van der Waals surface area contributed by atoms with Crippen LogP contribution in [0.2, 0.25) is 0 Å². The largest absolute Gasteiger partial charge is 0.338 e. The minimum absolute atomic E-state index is 0.218. The molecule has 0 unspecified atom stereocenters. The normalized spacial score (nSPS) is 11.0. The van der Waals surface area contributed by atoms with Crippen LogP contribution in [-0.2, 0) is 0 Å². The fourth-order valence-electron chi connectivity index (χ4n) is 2.37. The van der Waals surface area contributed by atoms with Crippen LogP contribution in [-0.4, -0.2) is 23.9 Å². The summed E-state index contributed by atoms with van der Waals surface area (Å²) in [5, 5.41) is 0. The van der Waals surface area contributed by atoms with Gasteiger partial charge in [-0.3, -0.25) is 4.79 Å². The van der Waals surface area contributed by atoms with Crippen LogP contribution in [0.1, 0.15) is 62.7 Å². The van der Waals surface area contributed by atoms with E-state index in [-0.39, 0.29) is 13.1 Å². The third-order valence-corrected chi connectivity index (χ3v) is 3.77. The van der Waals surface area contributed by atoms with Gasteiger partial charge < -0.3 is 4.90 Å². The second-order valence-electron chi connectivity index (χ2n) is 5.65. The van der Waals surface area contributed by atoms with Gasteiger partial charge in [-0.05, 0) is 12.8 Å². The van der Waals surface area contributed by atoms with Crippen molar-refractivity contribution in [2.75, 3.05) is 13.1 Å². The molecule has 24 heavy (non-hydrogen) atoms. The lowest BCUT2D eigenvalue weighted by molar-refractivity contribution is 0.0736. The zero-order chi connectivity index (χ0) is 18.3. The number of benzene rings is 1. The quantitative estimate of drug-likeness (QED) is 0.259. The molecule has 0 saturated carbocycles. The highest BCUT2D eigenvalue weighted by Gasteiger charge is 2.31. The summed E-state index contributed by atoms with van der Waals surface area (Å²) in [6, 6.07) is 0. The van der Waals surface area contributed by atoms with E-state index < -0.39 is 40.6 Å². The van der Waals surface area contributed by atoms with Crippen LogP contribution in [0.5, 0.6) is 0 Å². The average molecular weight is 351 g/mol. The molecule has 0 atom stereocenters. The van der Waals surface area contributed by atoms with E-state index in [9.17, 15) is 26.7 Å². The molecule has 0 aliphatic carbocycles. The van der Waals surface area contributed by atoms with Crippen molar-refractivity contribution in [3.63, 3.8) is 0 Å². The van der Waals surface area contributed by atoms with Gasteiger partial charge >= 0.3 is 0 Å². The third-order valence-electron chi connectivity index (χ3n) is 3.77. The van der Waals surface area contributed by atoms with Crippen molar-refractivity contribution in [1.82, 2.24) is 4.90 Å². The number of unbranched alkanes of at least 4 members (excludes halogenated alkanes) is 4. The van der Waals surface area contributed by atoms with Gasteiger partial charge in [0.25, 0.3) is 5.91 Å². The molecular weight excluding hydrogens is 329 g/mol. The van der Waals surface area contributed by atoms with Gasteiger partial charge in [-0.15, -0.1) is 0 Å². The van der Waals surface area contributed by atoms with Crippen LogP contribution in [0, 0.1) is 29.1 Å². The summed E-state index contributed by atoms with van der Waals surface area (Å²) in [5.74, 6) is -11.8. The molecule has 0 radical (unpaired) electrons. The van der Waals surface area contributed by atoms with E-state index in [0.29, 0.717) is 12.8 Å². The highest BCUT2D eigenvalue weighted by Crippen LogP contribution is 2.24. The molecule has 0 heterocycles. The number of halogens is 5. The van der Waals surface area contributed by atoms with Crippen LogP contribution < -0.4 is 0 Å². The first-order chi connectivity index (χ1) is 11.4. The lowest BCUT2D eigenvalue weighted by Crippen LogP contribution is -2.35. The highest BCUT2D eigenvalue weighted by molar-refractivity contribution is 5.94. The van der Waals surface area contributed by atoms with Crippen LogP contribution in [0.4, 0.5) is 22.0 Å². The maximum absolute atomic E-state index is 13.8. The molecule has 0 spiro atoms. The maximum Gasteiger partial charge on any atom is 0.260 e. The Labute approximate surface area is 138 Å². The Morgan fingerprint density at radius 3 is 1.46 bits per heavy atom. The molecule has 0 aromatic heterocycles. The molecule has 136 valence electrons. The van der Waals surface area contributed by atoms with Crippen LogP contribution in [0.3, 0.4) is 0 Å². The lowest BCUT2D eigenvalue weighted by Gasteiger charge is -2.23. The monoisotopic (exact) mass is 351 g/mol. The van der Waals surface area contributed by atoms with E-state index in [1.54, 1.807) is 0 Å². The fourth-order valence-corrected chi connectivity index (χ4v) is 2.37. The molecule has 0 N–H and O–H groups in total. The Bertz CT molecular complexity index is 538. The minimum Gasteiger partial charge on any atom is -0.338 e. The smallest absolute Gasteiger partial charge is 0.260 e. The van der Waals surface area contributed by atoms with Gasteiger partial charge in [0.1, 0.15) is 5.56 Å². The van der Waals surface area contributed by atoms with Crippen molar-refractivity contribution in [1.29, 1.82) is 0 Å². The Morgan fingerprint density at radius 2 is 1.08 bits per heavy atom. The zero-order valence-electron chi connectivity index (χ0n) is 13.9. The van der Waals surface area contributed by atoms with Crippen molar-refractivity contribution in [3.8, 4) is 0 Å². The lowest BCUT2D eigenvalue weighted by atomic mass is 10.1. The summed E-state index contributed by atoms with van der Waals surface area (Å²) in [5.41, 5.74) is -1.38. The molecule has 7 heteroatoms. The zero-order valence-corrected chi connectivity index (χ0v) is 13.9. The van der Waals surface area contributed by atoms with Gasteiger partial charge in [0.15, 0.2) is 23.3 Å². The number of amides is 1. The summed E-state index contributed by atoms with van der Waals surface area (Å²) >= 11 is 0. The van der Waals surface area contributed by atoms with Crippen molar-refractivity contribution in [3.05, 3.63) is 34.6 Å². The fraction of sp³-hybridized carbons (Fsp3) is 0.588. The molecule has 0 fully saturated rings. The Kier molecular flexibility index (Phi) is 8.15. The number of nitrogens with zero attached hydrogens (tertiary/aromatic N) is 1. The maximum atomic E-state index is 13.8. The first-order valence-corrected chi connectivity index (χ1v) is 8.17. The van der Waals surface area contributed by atoms with E-state index in [4.69, 9.17) is 0 Å². The number of carbonyl (C=O) groups is 1. The second-order valence-corrected chi connectivity index (χ2v) is 5.65. The molecule has 0 aliphatic rings. The summed E-state index contributed by atoms with van der Waals surface area (Å²) in [7, 11) is 0. The van der Waals surface area contributed by atoms with Gasteiger partial charge in [-0.25, -0.2) is 22.0 Å². The van der Waals surface area contributed by atoms with Crippen molar-refractivity contribution < 1.29 is 26.7 Å². The molecule has 0 saturated heterocycles. The predicted molar refractivity (Wildman–Crippen MR) is 81.2 cm³/mol. The predicted octanol–water partition coefficient (Wildman–Crippen LogP) is 5.20. The van der Waals surface area contributed by atoms with Crippen molar-refractivity contribution >= 4 is 5.91 Å². The standard InChI is InChI=1S/C17H22F5NO/c1-3-5-7-9-23(10-8-6-4-2)17(24)11-12(18)14(20)16(22)15(21)13(11)19/h3-10H2,1-2H3. The Hall–Kier alpha value is -1.66. The topological polar surface area (TPSA) is 20.3 Å². The molecule has 1 amide bonds. The van der Waals surface area contributed by atoms with Gasteiger partial charge in [0.2, 0.25) is 5.82 Å². The summed E-state index contributed by atoms with van der Waals surface area (Å²) in [4.78, 5) is 13.6. The van der Waals surface area contributed by atoms with E-state index in [1.165, 1.54) is 4.90 Å². The Balaban J connectivity index is 3.12. The minimum atomic E-state index is -2.26. The van der Waals surface area contributed by atoms with E-state index in [1.807, 2.05) is 13.8 Å². The van der Waals surface area contributed by atoms with Gasteiger partial charge in [0.05, 0.1) is 0 Å². The first kappa shape index (κ1) is 20.4. The van der Waals surface area contributed by atoms with Crippen LogP contribution >= 0.6 is 0 Å². The molecule has 1 rings (SSSR count).